The molecule has 0 aliphatic heterocycles. The van der Waals surface area contributed by atoms with Crippen LogP contribution in [0, 0.1) is 29.1 Å². The van der Waals surface area contributed by atoms with Gasteiger partial charge in [-0.15, -0.1) is 0 Å². The molecule has 93 valence electrons. The Morgan fingerprint density at radius 2 is 1.12 bits per heavy atom. The molecule has 17 heavy (non-hydrogen) atoms. The number of halogens is 5. The zero-order chi connectivity index (χ0) is 13.4. The fourth-order valence-electron chi connectivity index (χ4n) is 0.961. The van der Waals surface area contributed by atoms with Crippen LogP contribution in [-0.4, -0.2) is 23.9 Å². The monoisotopic (exact) mass is 283 g/mol. The summed E-state index contributed by atoms with van der Waals surface area (Å²) in [6.07, 6.45) is 0. The van der Waals surface area contributed by atoms with Crippen molar-refractivity contribution < 1.29 is 25.4 Å². The summed E-state index contributed by atoms with van der Waals surface area (Å²) >= 11 is -1.43. The molecule has 0 aliphatic carbocycles. The highest BCUT2D eigenvalue weighted by Gasteiger charge is 2.28. The third-order valence-corrected chi connectivity index (χ3v) is 5.82. The van der Waals surface area contributed by atoms with E-state index in [1.165, 1.54) is 0 Å². The summed E-state index contributed by atoms with van der Waals surface area (Å²) in [4.78, 5) is 0. The molecule has 1 aromatic rings. The van der Waals surface area contributed by atoms with Crippen LogP contribution in [0.4, 0.5) is 22.0 Å². The average Bonchev–Trinajstić information content (AvgIpc) is 2.22. The zero-order valence-electron chi connectivity index (χ0n) is 9.38. The van der Waals surface area contributed by atoms with Crippen molar-refractivity contribution in [1.29, 1.82) is 0 Å². The van der Waals surface area contributed by atoms with Crippen molar-refractivity contribution in [3.63, 3.8) is 0 Å². The van der Waals surface area contributed by atoms with Crippen LogP contribution in [0.2, 0.25) is 19.6 Å². The molecule has 0 bridgehead atoms. The number of hydrogen-bond donors (Lipinski definition) is 0. The quantitative estimate of drug-likeness (QED) is 0.358. The SMILES string of the molecule is C[Si](C)(C)[O][Al][c]1c(F)c(F)c(F)c(F)c1F. The van der Waals surface area contributed by atoms with E-state index < -0.39 is 57.4 Å². The third kappa shape index (κ3) is 3.28. The molecule has 0 saturated heterocycles. The lowest BCUT2D eigenvalue weighted by Crippen LogP contribution is -2.37. The molecule has 0 amide bonds. The van der Waals surface area contributed by atoms with Gasteiger partial charge < -0.3 is 3.48 Å². The van der Waals surface area contributed by atoms with Crippen molar-refractivity contribution in [2.24, 2.45) is 0 Å². The Kier molecular flexibility index (Phi) is 4.36. The topological polar surface area (TPSA) is 9.23 Å². The van der Waals surface area contributed by atoms with E-state index in [-0.39, 0.29) is 0 Å². The summed E-state index contributed by atoms with van der Waals surface area (Å²) in [5.41, 5.74) is 0. The maximum atomic E-state index is 13.2. The summed E-state index contributed by atoms with van der Waals surface area (Å²) in [6.45, 7) is 5.27. The molecule has 1 rings (SSSR count). The maximum absolute atomic E-state index is 13.2. The van der Waals surface area contributed by atoms with Gasteiger partial charge in [0.05, 0.1) is 0 Å². The second-order valence-corrected chi connectivity index (χ2v) is 10.3. The van der Waals surface area contributed by atoms with Crippen LogP contribution in [0.25, 0.3) is 0 Å². The van der Waals surface area contributed by atoms with Crippen molar-refractivity contribution in [2.45, 2.75) is 19.6 Å². The highest BCUT2D eigenvalue weighted by atomic mass is 28.4. The molecule has 0 spiro atoms. The van der Waals surface area contributed by atoms with Crippen molar-refractivity contribution in [3.8, 4) is 0 Å². The molecule has 8 heteroatoms. The molecule has 0 aliphatic rings. The number of rotatable bonds is 3. The van der Waals surface area contributed by atoms with Gasteiger partial charge in [-0.2, -0.15) is 0 Å². The predicted octanol–water partition coefficient (Wildman–Crippen LogP) is 2.48. The van der Waals surface area contributed by atoms with Crippen LogP contribution in [-0.2, 0) is 3.48 Å². The highest BCUT2D eigenvalue weighted by Crippen LogP contribution is 2.16. The summed E-state index contributed by atoms with van der Waals surface area (Å²) < 4.78 is 69.2. The van der Waals surface area contributed by atoms with E-state index in [0.717, 1.165) is 0 Å². The minimum Gasteiger partial charge on any atom is -0.548 e. The molecule has 0 heterocycles. The molecule has 0 fully saturated rings. The van der Waals surface area contributed by atoms with E-state index in [4.69, 9.17) is 3.48 Å². The number of hydrogen-bond acceptors (Lipinski definition) is 1. The van der Waals surface area contributed by atoms with Crippen LogP contribution >= 0.6 is 0 Å². The Balaban J connectivity index is 3.16. The minimum atomic E-state index is -2.14. The Hall–Kier alpha value is -0.421. The Labute approximate surface area is 103 Å². The molecule has 1 nitrogen and oxygen atoms in total. The Morgan fingerprint density at radius 3 is 1.47 bits per heavy atom. The van der Waals surface area contributed by atoms with Crippen LogP contribution in [0.3, 0.4) is 0 Å². The normalized spacial score (nSPS) is 11.8. The lowest BCUT2D eigenvalue weighted by molar-refractivity contribution is 0.383. The smallest absolute Gasteiger partial charge is 0.465 e. The van der Waals surface area contributed by atoms with Gasteiger partial charge in [0.15, 0.2) is 37.4 Å². The first kappa shape index (κ1) is 14.6. The van der Waals surface area contributed by atoms with E-state index in [2.05, 4.69) is 0 Å². The van der Waals surface area contributed by atoms with E-state index in [0.29, 0.717) is 0 Å². The lowest BCUT2D eigenvalue weighted by atomic mass is 10.3. The highest BCUT2D eigenvalue weighted by molar-refractivity contribution is 6.75. The molecule has 0 N–H and O–H groups in total. The van der Waals surface area contributed by atoms with Crippen molar-refractivity contribution >= 4 is 28.3 Å². The Morgan fingerprint density at radius 1 is 0.765 bits per heavy atom. The molecule has 0 saturated carbocycles. The Bertz CT molecular complexity index is 417. The van der Waals surface area contributed by atoms with Crippen molar-refractivity contribution in [2.75, 3.05) is 0 Å². The van der Waals surface area contributed by atoms with E-state index in [1.807, 2.05) is 0 Å². The van der Waals surface area contributed by atoms with Crippen molar-refractivity contribution in [1.82, 2.24) is 0 Å². The molecule has 0 unspecified atom stereocenters. The standard InChI is InChI=1S/C6F5.C3H9OSi.Al/c7-2-1-3(8)5(10)6(11)4(2)9;1-5(2,3)4;/h;1-3H3;/q;-1;+1. The summed E-state index contributed by atoms with van der Waals surface area (Å²) in [6, 6.07) is 0. The van der Waals surface area contributed by atoms with Gasteiger partial charge in [-0.3, -0.25) is 0 Å². The van der Waals surface area contributed by atoms with Gasteiger partial charge in [-0.05, 0) is 24.1 Å². The molecule has 1 aromatic carbocycles. The summed E-state index contributed by atoms with van der Waals surface area (Å²) in [5, 5.41) is 0. The van der Waals surface area contributed by atoms with E-state index in [9.17, 15) is 22.0 Å². The first-order valence-corrected chi connectivity index (χ1v) is 9.13. The summed E-state index contributed by atoms with van der Waals surface area (Å²) in [7, 11) is -2.07. The fraction of sp³-hybridized carbons (Fsp3) is 0.333. The van der Waals surface area contributed by atoms with Gasteiger partial charge in [0.1, 0.15) is 0 Å². The first-order chi connectivity index (χ1) is 7.65. The predicted molar refractivity (Wildman–Crippen MR) is 56.1 cm³/mol. The maximum Gasteiger partial charge on any atom is 0.465 e. The fourth-order valence-corrected chi connectivity index (χ4v) is 3.31. The van der Waals surface area contributed by atoms with Crippen LogP contribution in [0.15, 0.2) is 0 Å². The van der Waals surface area contributed by atoms with E-state index in [1.54, 1.807) is 19.6 Å². The summed E-state index contributed by atoms with van der Waals surface area (Å²) in [5.74, 6) is -9.59. The average molecular weight is 283 g/mol. The minimum absolute atomic E-state index is 0.844. The second kappa shape index (κ2) is 5.06. The van der Waals surface area contributed by atoms with Gasteiger partial charge in [-0.1, -0.05) is 0 Å². The molecule has 0 aromatic heterocycles. The largest absolute Gasteiger partial charge is 0.548 e. The third-order valence-electron chi connectivity index (χ3n) is 1.77. The van der Waals surface area contributed by atoms with Gasteiger partial charge >= 0.3 is 15.6 Å². The molecule has 1 radical (unpaired) electrons. The first-order valence-electron chi connectivity index (χ1n) is 4.67. The second-order valence-electron chi connectivity index (χ2n) is 4.33. The zero-order valence-corrected chi connectivity index (χ0v) is 11.5. The molecule has 0 atom stereocenters. The van der Waals surface area contributed by atoms with Crippen LogP contribution in [0.5, 0.6) is 0 Å². The lowest BCUT2D eigenvalue weighted by Gasteiger charge is -2.18. The van der Waals surface area contributed by atoms with Gasteiger partial charge in [0, 0.05) is 0 Å². The van der Waals surface area contributed by atoms with Crippen LogP contribution in [0.1, 0.15) is 0 Å². The van der Waals surface area contributed by atoms with Gasteiger partial charge in [0.2, 0.25) is 0 Å². The van der Waals surface area contributed by atoms with Crippen LogP contribution < -0.4 is 4.43 Å². The van der Waals surface area contributed by atoms with E-state index >= 15 is 0 Å². The molecular weight excluding hydrogens is 274 g/mol. The van der Waals surface area contributed by atoms with Crippen molar-refractivity contribution in [3.05, 3.63) is 29.1 Å². The number of benzene rings is 1. The molecular formula is C9H9AlF5OSi. The van der Waals surface area contributed by atoms with Gasteiger partial charge in [-0.25, -0.2) is 22.0 Å². The van der Waals surface area contributed by atoms with Gasteiger partial charge in [0.25, 0.3) is 0 Å².